The Hall–Kier alpha value is -1.08. The van der Waals surface area contributed by atoms with Gasteiger partial charge < -0.3 is 5.73 Å². The molecular formula is C9H14ClN3O3S. The lowest BCUT2D eigenvalue weighted by atomic mass is 10.4. The molecule has 6 nitrogen and oxygen atoms in total. The highest BCUT2D eigenvalue weighted by molar-refractivity contribution is 7.91. The first-order valence-corrected chi connectivity index (χ1v) is 7.28. The zero-order valence-electron chi connectivity index (χ0n) is 9.39. The van der Waals surface area contributed by atoms with Crippen LogP contribution in [0.3, 0.4) is 0 Å². The highest BCUT2D eigenvalue weighted by Crippen LogP contribution is 2.08. The fraction of sp³-hybridized carbons (Fsp3) is 0.556. The van der Waals surface area contributed by atoms with Gasteiger partial charge in [-0.25, -0.2) is 13.4 Å². The van der Waals surface area contributed by atoms with Crippen LogP contribution in [0.15, 0.2) is 11.1 Å². The zero-order chi connectivity index (χ0) is 13.1. The van der Waals surface area contributed by atoms with Gasteiger partial charge in [0, 0.05) is 12.3 Å². The first-order valence-electron chi connectivity index (χ1n) is 5.08. The summed E-state index contributed by atoms with van der Waals surface area (Å²) < 4.78 is 23.7. The van der Waals surface area contributed by atoms with Gasteiger partial charge >= 0.3 is 0 Å². The van der Waals surface area contributed by atoms with E-state index in [1.807, 2.05) is 0 Å². The van der Waals surface area contributed by atoms with Crippen molar-refractivity contribution in [3.63, 3.8) is 0 Å². The molecule has 0 bridgehead atoms. The number of anilines is 1. The first-order chi connectivity index (χ1) is 7.87. The molecule has 0 aliphatic carbocycles. The number of nitrogens with zero attached hydrogens (tertiary/aromatic N) is 2. The fourth-order valence-electron chi connectivity index (χ4n) is 1.24. The van der Waals surface area contributed by atoms with Crippen molar-refractivity contribution >= 4 is 27.1 Å². The van der Waals surface area contributed by atoms with E-state index in [1.54, 1.807) is 6.92 Å². The molecular weight excluding hydrogens is 266 g/mol. The Labute approximate surface area is 104 Å². The third kappa shape index (κ3) is 3.71. The molecule has 0 aromatic carbocycles. The quantitative estimate of drug-likeness (QED) is 0.783. The summed E-state index contributed by atoms with van der Waals surface area (Å²) in [4.78, 5) is 15.3. The maximum Gasteiger partial charge on any atom is 0.278 e. The third-order valence-corrected chi connectivity index (χ3v) is 4.41. The van der Waals surface area contributed by atoms with Crippen LogP contribution in [-0.2, 0) is 16.4 Å². The van der Waals surface area contributed by atoms with Crippen molar-refractivity contribution < 1.29 is 8.42 Å². The number of hydrogen-bond acceptors (Lipinski definition) is 5. The van der Waals surface area contributed by atoms with E-state index in [4.69, 9.17) is 17.3 Å². The Balaban J connectivity index is 2.72. The fourth-order valence-corrected chi connectivity index (χ4v) is 2.23. The number of aryl methyl sites for hydroxylation is 1. The lowest BCUT2D eigenvalue weighted by molar-refractivity contribution is 0.583. The lowest BCUT2D eigenvalue weighted by Gasteiger charge is -2.06. The van der Waals surface area contributed by atoms with Gasteiger partial charge in [0.15, 0.2) is 5.15 Å². The average Bonchev–Trinajstić information content (AvgIpc) is 2.29. The van der Waals surface area contributed by atoms with E-state index in [9.17, 15) is 13.2 Å². The number of nitrogens with two attached hydrogens (primary N) is 1. The van der Waals surface area contributed by atoms with E-state index in [0.29, 0.717) is 6.42 Å². The van der Waals surface area contributed by atoms with Gasteiger partial charge in [-0.1, -0.05) is 18.5 Å². The molecule has 2 N–H and O–H groups in total. The number of aromatic nitrogens is 2. The Morgan fingerprint density at radius 1 is 1.53 bits per heavy atom. The van der Waals surface area contributed by atoms with Crippen molar-refractivity contribution in [3.8, 4) is 0 Å². The largest absolute Gasteiger partial charge is 0.392 e. The first kappa shape index (κ1) is 14.0. The molecule has 0 fully saturated rings. The van der Waals surface area contributed by atoms with E-state index >= 15 is 0 Å². The molecule has 1 aromatic heterocycles. The van der Waals surface area contributed by atoms with Crippen molar-refractivity contribution in [2.45, 2.75) is 19.9 Å². The van der Waals surface area contributed by atoms with Crippen molar-refractivity contribution in [1.82, 2.24) is 9.55 Å². The standard InChI is InChI=1S/C9H14ClN3O3S/c1-2-17(15,16)5-3-4-13-6-12-8(10)7(11)9(13)14/h6H,2-5,11H2,1H3. The Morgan fingerprint density at radius 3 is 2.76 bits per heavy atom. The van der Waals surface area contributed by atoms with Crippen molar-refractivity contribution in [3.05, 3.63) is 21.8 Å². The second kappa shape index (κ2) is 5.50. The van der Waals surface area contributed by atoms with E-state index in [1.165, 1.54) is 10.9 Å². The van der Waals surface area contributed by atoms with Gasteiger partial charge in [0.05, 0.1) is 12.1 Å². The highest BCUT2D eigenvalue weighted by atomic mass is 35.5. The lowest BCUT2D eigenvalue weighted by Crippen LogP contribution is -2.24. The monoisotopic (exact) mass is 279 g/mol. The van der Waals surface area contributed by atoms with Crippen molar-refractivity contribution in [2.24, 2.45) is 0 Å². The summed E-state index contributed by atoms with van der Waals surface area (Å²) in [5.41, 5.74) is 4.86. The summed E-state index contributed by atoms with van der Waals surface area (Å²) in [7, 11) is -3.01. The molecule has 8 heteroatoms. The van der Waals surface area contributed by atoms with Crippen molar-refractivity contribution in [2.75, 3.05) is 17.2 Å². The molecule has 0 saturated heterocycles. The Bertz CT molecular complexity index is 553. The van der Waals surface area contributed by atoms with Gasteiger partial charge in [0.1, 0.15) is 15.5 Å². The zero-order valence-corrected chi connectivity index (χ0v) is 11.0. The number of halogens is 1. The molecule has 0 saturated carbocycles. The second-order valence-corrected chi connectivity index (χ2v) is 6.37. The van der Waals surface area contributed by atoms with E-state index < -0.39 is 15.4 Å². The van der Waals surface area contributed by atoms with Crippen molar-refractivity contribution in [1.29, 1.82) is 0 Å². The van der Waals surface area contributed by atoms with Gasteiger partial charge in [0.25, 0.3) is 5.56 Å². The molecule has 1 rings (SSSR count). The SMILES string of the molecule is CCS(=O)(=O)CCCn1cnc(Cl)c(N)c1=O. The number of hydrogen-bond donors (Lipinski definition) is 1. The summed E-state index contributed by atoms with van der Waals surface area (Å²) in [6, 6.07) is 0. The molecule has 17 heavy (non-hydrogen) atoms. The minimum Gasteiger partial charge on any atom is -0.392 e. The van der Waals surface area contributed by atoms with E-state index in [2.05, 4.69) is 4.98 Å². The maximum absolute atomic E-state index is 11.6. The van der Waals surface area contributed by atoms with Gasteiger partial charge in [-0.15, -0.1) is 0 Å². The number of rotatable bonds is 5. The summed E-state index contributed by atoms with van der Waals surface area (Å²) in [5, 5.41) is -0.0348. The molecule has 0 spiro atoms. The van der Waals surface area contributed by atoms with Crippen LogP contribution in [0.4, 0.5) is 5.69 Å². The minimum absolute atomic E-state index is 0.0348. The topological polar surface area (TPSA) is 95.1 Å². The van der Waals surface area contributed by atoms with Crippen LogP contribution in [0.5, 0.6) is 0 Å². The molecule has 0 aliphatic heterocycles. The van der Waals surface area contributed by atoms with Crippen LogP contribution < -0.4 is 11.3 Å². The van der Waals surface area contributed by atoms with Crippen LogP contribution in [0.25, 0.3) is 0 Å². The van der Waals surface area contributed by atoms with Gasteiger partial charge in [0.2, 0.25) is 0 Å². The second-order valence-electron chi connectivity index (χ2n) is 3.54. The molecule has 96 valence electrons. The summed E-state index contributed by atoms with van der Waals surface area (Å²) in [6.45, 7) is 1.84. The smallest absolute Gasteiger partial charge is 0.278 e. The molecule has 0 unspecified atom stereocenters. The van der Waals surface area contributed by atoms with Crippen LogP contribution in [0.2, 0.25) is 5.15 Å². The van der Waals surface area contributed by atoms with Crippen LogP contribution >= 0.6 is 11.6 Å². The van der Waals surface area contributed by atoms with E-state index in [0.717, 1.165) is 0 Å². The number of sulfone groups is 1. The molecule has 0 aliphatic rings. The van der Waals surface area contributed by atoms with Gasteiger partial charge in [-0.3, -0.25) is 9.36 Å². The Kier molecular flexibility index (Phi) is 4.53. The van der Waals surface area contributed by atoms with E-state index in [-0.39, 0.29) is 28.9 Å². The predicted octanol–water partition coefficient (Wildman–Crippen LogP) is 0.304. The molecule has 0 amide bonds. The maximum atomic E-state index is 11.6. The molecule has 0 atom stereocenters. The van der Waals surface area contributed by atoms with Crippen LogP contribution in [-0.4, -0.2) is 29.5 Å². The summed E-state index contributed by atoms with van der Waals surface area (Å²) >= 11 is 5.57. The Morgan fingerprint density at radius 2 is 2.18 bits per heavy atom. The minimum atomic E-state index is -3.01. The predicted molar refractivity (Wildman–Crippen MR) is 66.9 cm³/mol. The third-order valence-electron chi connectivity index (χ3n) is 2.32. The summed E-state index contributed by atoms with van der Waals surface area (Å²) in [5.74, 6) is 0.140. The van der Waals surface area contributed by atoms with Gasteiger partial charge in [-0.2, -0.15) is 0 Å². The molecule has 0 radical (unpaired) electrons. The molecule has 1 heterocycles. The number of nitrogen functional groups attached to an aromatic ring is 1. The summed E-state index contributed by atoms with van der Waals surface area (Å²) in [6.07, 6.45) is 1.61. The molecule has 1 aromatic rings. The normalized spacial score (nSPS) is 11.6. The van der Waals surface area contributed by atoms with Crippen LogP contribution in [0.1, 0.15) is 13.3 Å². The average molecular weight is 280 g/mol. The highest BCUT2D eigenvalue weighted by Gasteiger charge is 2.09. The van der Waals surface area contributed by atoms with Gasteiger partial charge in [-0.05, 0) is 6.42 Å². The van der Waals surface area contributed by atoms with Crippen LogP contribution in [0, 0.1) is 0 Å².